The van der Waals surface area contributed by atoms with Gasteiger partial charge in [-0.25, -0.2) is 0 Å². The van der Waals surface area contributed by atoms with Gasteiger partial charge in [0.15, 0.2) is 0 Å². The van der Waals surface area contributed by atoms with Crippen LogP contribution in [0.5, 0.6) is 0 Å². The maximum absolute atomic E-state index is 6.01. The molecule has 0 spiro atoms. The van der Waals surface area contributed by atoms with Crippen LogP contribution in [0.3, 0.4) is 0 Å². The predicted molar refractivity (Wildman–Crippen MR) is 69.8 cm³/mol. The summed E-state index contributed by atoms with van der Waals surface area (Å²) in [6, 6.07) is 12.4. The smallest absolute Gasteiger partial charge is 0.0717 e. The van der Waals surface area contributed by atoms with Gasteiger partial charge in [-0.05, 0) is 23.6 Å². The van der Waals surface area contributed by atoms with E-state index in [1.165, 1.54) is 10.3 Å². The number of nitrogens with two attached hydrogens (primary N) is 1. The van der Waals surface area contributed by atoms with E-state index < -0.39 is 0 Å². The average Bonchev–Trinajstić information content (AvgIpc) is 2.90. The first-order valence-electron chi connectivity index (χ1n) is 5.20. The van der Waals surface area contributed by atoms with Crippen molar-refractivity contribution in [2.45, 2.75) is 6.54 Å². The van der Waals surface area contributed by atoms with E-state index in [2.05, 4.69) is 40.4 Å². The molecular formula is C13H12N2S. The second-order valence-corrected chi connectivity index (χ2v) is 4.84. The highest BCUT2D eigenvalue weighted by atomic mass is 32.1. The molecule has 80 valence electrons. The molecule has 0 aliphatic carbocycles. The van der Waals surface area contributed by atoms with Crippen molar-refractivity contribution in [2.75, 3.05) is 5.73 Å². The molecule has 0 atom stereocenters. The van der Waals surface area contributed by atoms with Crippen molar-refractivity contribution in [3.63, 3.8) is 0 Å². The summed E-state index contributed by atoms with van der Waals surface area (Å²) in [7, 11) is 0. The highest BCUT2D eigenvalue weighted by molar-refractivity contribution is 7.09. The quantitative estimate of drug-likeness (QED) is 0.670. The van der Waals surface area contributed by atoms with Crippen LogP contribution in [0.15, 0.2) is 48.0 Å². The van der Waals surface area contributed by atoms with Crippen molar-refractivity contribution in [3.05, 3.63) is 52.9 Å². The summed E-state index contributed by atoms with van der Waals surface area (Å²) in [6.07, 6.45) is 2.10. The molecule has 2 N–H and O–H groups in total. The van der Waals surface area contributed by atoms with Gasteiger partial charge in [0.25, 0.3) is 0 Å². The molecule has 0 aliphatic heterocycles. The molecule has 0 saturated carbocycles. The molecule has 0 aliphatic rings. The van der Waals surface area contributed by atoms with Gasteiger partial charge in [0.05, 0.1) is 17.7 Å². The maximum Gasteiger partial charge on any atom is 0.0717 e. The first-order valence-corrected chi connectivity index (χ1v) is 6.08. The third-order valence-electron chi connectivity index (χ3n) is 2.73. The highest BCUT2D eigenvalue weighted by Crippen LogP contribution is 2.23. The first kappa shape index (κ1) is 9.48. The molecule has 0 unspecified atom stereocenters. The third-order valence-corrected chi connectivity index (χ3v) is 3.59. The summed E-state index contributed by atoms with van der Waals surface area (Å²) in [5, 5.41) is 3.31. The Bertz CT molecular complexity index is 608. The zero-order valence-electron chi connectivity index (χ0n) is 8.76. The second kappa shape index (κ2) is 3.68. The molecule has 16 heavy (non-hydrogen) atoms. The summed E-state index contributed by atoms with van der Waals surface area (Å²) in [5.74, 6) is 0. The molecule has 3 heteroatoms. The Kier molecular flexibility index (Phi) is 2.18. The SMILES string of the molecule is Nc1cccc2ccn(Cc3cccs3)c12. The standard InChI is InChI=1S/C13H12N2S/c14-12-5-1-3-10-6-7-15(13(10)12)9-11-4-2-8-16-11/h1-8H,9,14H2. The summed E-state index contributed by atoms with van der Waals surface area (Å²) in [6.45, 7) is 0.898. The van der Waals surface area contributed by atoms with Gasteiger partial charge >= 0.3 is 0 Å². The molecule has 1 aromatic carbocycles. The summed E-state index contributed by atoms with van der Waals surface area (Å²) in [5.41, 5.74) is 7.99. The second-order valence-electron chi connectivity index (χ2n) is 3.81. The molecule has 3 rings (SSSR count). The number of para-hydroxylation sites is 1. The number of nitrogens with zero attached hydrogens (tertiary/aromatic N) is 1. The van der Waals surface area contributed by atoms with E-state index in [-0.39, 0.29) is 0 Å². The van der Waals surface area contributed by atoms with Gasteiger partial charge < -0.3 is 10.3 Å². The molecule has 3 aromatic rings. The Morgan fingerprint density at radius 2 is 2.06 bits per heavy atom. The minimum atomic E-state index is 0.846. The minimum absolute atomic E-state index is 0.846. The van der Waals surface area contributed by atoms with E-state index in [1.807, 2.05) is 12.1 Å². The fourth-order valence-electron chi connectivity index (χ4n) is 1.99. The molecular weight excluding hydrogens is 216 g/mol. The van der Waals surface area contributed by atoms with Gasteiger partial charge in [-0.1, -0.05) is 18.2 Å². The van der Waals surface area contributed by atoms with Crippen LogP contribution in [-0.2, 0) is 6.54 Å². The van der Waals surface area contributed by atoms with E-state index in [4.69, 9.17) is 5.73 Å². The number of thiophene rings is 1. The summed E-state index contributed by atoms with van der Waals surface area (Å²) >= 11 is 1.77. The van der Waals surface area contributed by atoms with Crippen LogP contribution in [0.25, 0.3) is 10.9 Å². The van der Waals surface area contributed by atoms with Gasteiger partial charge in [-0.2, -0.15) is 0 Å². The first-order chi connectivity index (χ1) is 7.84. The van der Waals surface area contributed by atoms with Crippen LogP contribution >= 0.6 is 11.3 Å². The van der Waals surface area contributed by atoms with Crippen LogP contribution in [0, 0.1) is 0 Å². The number of rotatable bonds is 2. The van der Waals surface area contributed by atoms with Crippen molar-refractivity contribution < 1.29 is 0 Å². The molecule has 2 nitrogen and oxygen atoms in total. The van der Waals surface area contributed by atoms with E-state index >= 15 is 0 Å². The fourth-order valence-corrected chi connectivity index (χ4v) is 2.70. The molecule has 0 radical (unpaired) electrons. The Balaban J connectivity index is 2.10. The maximum atomic E-state index is 6.01. The average molecular weight is 228 g/mol. The number of anilines is 1. The lowest BCUT2D eigenvalue weighted by Crippen LogP contribution is -1.98. The number of hydrogen-bond acceptors (Lipinski definition) is 2. The number of nitrogen functional groups attached to an aromatic ring is 1. The Morgan fingerprint density at radius 3 is 2.88 bits per heavy atom. The largest absolute Gasteiger partial charge is 0.397 e. The van der Waals surface area contributed by atoms with Crippen LogP contribution in [0.1, 0.15) is 4.88 Å². The number of aromatic nitrogens is 1. The van der Waals surface area contributed by atoms with Crippen LogP contribution in [-0.4, -0.2) is 4.57 Å². The predicted octanol–water partition coefficient (Wildman–Crippen LogP) is 3.33. The molecule has 0 saturated heterocycles. The fraction of sp³-hybridized carbons (Fsp3) is 0.0769. The van der Waals surface area contributed by atoms with Crippen molar-refractivity contribution in [3.8, 4) is 0 Å². The monoisotopic (exact) mass is 228 g/mol. The van der Waals surface area contributed by atoms with Gasteiger partial charge in [0.2, 0.25) is 0 Å². The number of benzene rings is 1. The molecule has 2 heterocycles. The van der Waals surface area contributed by atoms with Crippen LogP contribution in [0.4, 0.5) is 5.69 Å². The Hall–Kier alpha value is -1.74. The molecule has 0 fully saturated rings. The van der Waals surface area contributed by atoms with Crippen molar-refractivity contribution >= 4 is 27.9 Å². The Morgan fingerprint density at radius 1 is 1.12 bits per heavy atom. The van der Waals surface area contributed by atoms with Gasteiger partial charge in [0, 0.05) is 16.5 Å². The van der Waals surface area contributed by atoms with Crippen LogP contribution in [0.2, 0.25) is 0 Å². The zero-order chi connectivity index (χ0) is 11.0. The van der Waals surface area contributed by atoms with E-state index in [9.17, 15) is 0 Å². The highest BCUT2D eigenvalue weighted by Gasteiger charge is 2.04. The topological polar surface area (TPSA) is 30.9 Å². The van der Waals surface area contributed by atoms with Gasteiger partial charge in [-0.15, -0.1) is 11.3 Å². The van der Waals surface area contributed by atoms with Crippen molar-refractivity contribution in [1.82, 2.24) is 4.57 Å². The van der Waals surface area contributed by atoms with E-state index in [1.54, 1.807) is 11.3 Å². The van der Waals surface area contributed by atoms with E-state index in [0.717, 1.165) is 17.7 Å². The van der Waals surface area contributed by atoms with Crippen LogP contribution < -0.4 is 5.73 Å². The number of hydrogen-bond donors (Lipinski definition) is 1. The zero-order valence-corrected chi connectivity index (χ0v) is 9.58. The van der Waals surface area contributed by atoms with Gasteiger partial charge in [-0.3, -0.25) is 0 Å². The normalized spacial score (nSPS) is 11.0. The van der Waals surface area contributed by atoms with E-state index in [0.29, 0.717) is 0 Å². The minimum Gasteiger partial charge on any atom is -0.397 e. The molecule has 2 aromatic heterocycles. The molecule has 0 bridgehead atoms. The lowest BCUT2D eigenvalue weighted by Gasteiger charge is -2.05. The lowest BCUT2D eigenvalue weighted by atomic mass is 10.2. The Labute approximate surface area is 97.9 Å². The number of fused-ring (bicyclic) bond motifs is 1. The lowest BCUT2D eigenvalue weighted by molar-refractivity contribution is 0.852. The summed E-state index contributed by atoms with van der Waals surface area (Å²) < 4.78 is 2.20. The van der Waals surface area contributed by atoms with Gasteiger partial charge in [0.1, 0.15) is 0 Å². The van der Waals surface area contributed by atoms with Crippen molar-refractivity contribution in [1.29, 1.82) is 0 Å². The van der Waals surface area contributed by atoms with Crippen molar-refractivity contribution in [2.24, 2.45) is 0 Å². The molecule has 0 amide bonds. The summed E-state index contributed by atoms with van der Waals surface area (Å²) in [4.78, 5) is 1.35. The third kappa shape index (κ3) is 1.49.